The van der Waals surface area contributed by atoms with Crippen LogP contribution in [-0.2, 0) is 18.3 Å². The summed E-state index contributed by atoms with van der Waals surface area (Å²) in [6.07, 6.45) is 0.964. The Labute approximate surface area is 165 Å². The minimum atomic E-state index is -0.0334. The topological polar surface area (TPSA) is 81.9 Å². The van der Waals surface area contributed by atoms with Gasteiger partial charge in [-0.25, -0.2) is 9.67 Å². The highest BCUT2D eigenvalue weighted by Crippen LogP contribution is 2.30. The molecule has 0 saturated heterocycles. The molecule has 0 unspecified atom stereocenters. The Hall–Kier alpha value is -2.96. The van der Waals surface area contributed by atoms with E-state index < -0.39 is 0 Å². The van der Waals surface area contributed by atoms with Gasteiger partial charge < -0.3 is 10.1 Å². The molecule has 0 aliphatic heterocycles. The van der Waals surface area contributed by atoms with E-state index in [1.54, 1.807) is 11.8 Å². The third kappa shape index (κ3) is 3.56. The van der Waals surface area contributed by atoms with Crippen molar-refractivity contribution in [3.8, 4) is 5.88 Å². The van der Waals surface area contributed by atoms with Gasteiger partial charge in [-0.2, -0.15) is 0 Å². The van der Waals surface area contributed by atoms with E-state index >= 15 is 0 Å². The van der Waals surface area contributed by atoms with Gasteiger partial charge in [-0.1, -0.05) is 0 Å². The number of methoxy groups -OCH3 is 1. The molecule has 3 rings (SSSR count). The van der Waals surface area contributed by atoms with Crippen molar-refractivity contribution in [2.75, 3.05) is 12.4 Å². The minimum absolute atomic E-state index is 0.0334. The van der Waals surface area contributed by atoms with Gasteiger partial charge in [0.2, 0.25) is 11.8 Å². The number of aromatic nitrogens is 4. The first kappa shape index (κ1) is 19.8. The van der Waals surface area contributed by atoms with Crippen molar-refractivity contribution in [1.82, 2.24) is 19.7 Å². The van der Waals surface area contributed by atoms with Gasteiger partial charge in [0.25, 0.3) is 0 Å². The summed E-state index contributed by atoms with van der Waals surface area (Å²) in [5.74, 6) is 0.527. The summed E-state index contributed by atoms with van der Waals surface area (Å²) < 4.78 is 7.13. The zero-order valence-corrected chi connectivity index (χ0v) is 17.6. The number of rotatable bonds is 5. The number of pyridine rings is 2. The number of nitrogens with zero attached hydrogens (tertiary/aromatic N) is 4. The second kappa shape index (κ2) is 7.58. The molecule has 0 radical (unpaired) electrons. The lowest BCUT2D eigenvalue weighted by Gasteiger charge is -2.13. The van der Waals surface area contributed by atoms with Gasteiger partial charge in [0, 0.05) is 24.9 Å². The van der Waals surface area contributed by atoms with E-state index in [1.807, 2.05) is 47.7 Å². The Bertz CT molecular complexity index is 1050. The molecule has 148 valence electrons. The molecule has 1 N–H and O–H groups in total. The fourth-order valence-corrected chi connectivity index (χ4v) is 3.76. The summed E-state index contributed by atoms with van der Waals surface area (Å²) in [7, 11) is 3.46. The molecule has 0 spiro atoms. The second-order valence-electron chi connectivity index (χ2n) is 7.22. The highest BCUT2D eigenvalue weighted by atomic mass is 16.5. The Morgan fingerprint density at radius 2 is 1.86 bits per heavy atom. The molecule has 7 heteroatoms. The van der Waals surface area contributed by atoms with E-state index in [2.05, 4.69) is 20.4 Å². The molecule has 7 nitrogen and oxygen atoms in total. The summed E-state index contributed by atoms with van der Waals surface area (Å²) in [6.45, 7) is 9.85. The highest BCUT2D eigenvalue weighted by Gasteiger charge is 2.19. The molecule has 0 aliphatic rings. The number of anilines is 1. The van der Waals surface area contributed by atoms with Crippen molar-refractivity contribution in [3.63, 3.8) is 0 Å². The molecule has 0 saturated carbocycles. The van der Waals surface area contributed by atoms with E-state index in [4.69, 9.17) is 4.74 Å². The third-order valence-electron chi connectivity index (χ3n) is 5.11. The minimum Gasteiger partial charge on any atom is -0.479 e. The van der Waals surface area contributed by atoms with Gasteiger partial charge in [0.05, 0.1) is 23.9 Å². The maximum absolute atomic E-state index is 12.6. The number of carbonyl (C=O) groups is 1. The molecule has 1 amide bonds. The van der Waals surface area contributed by atoms with Gasteiger partial charge >= 0.3 is 0 Å². The van der Waals surface area contributed by atoms with Gasteiger partial charge in [0.15, 0.2) is 5.65 Å². The summed E-state index contributed by atoms with van der Waals surface area (Å²) in [5, 5.41) is 8.29. The molecule has 0 bridgehead atoms. The quantitative estimate of drug-likeness (QED) is 0.732. The molecule has 3 heterocycles. The number of amides is 1. The monoisotopic (exact) mass is 381 g/mol. The molecule has 0 aliphatic carbocycles. The van der Waals surface area contributed by atoms with Crippen LogP contribution in [0.15, 0.2) is 6.07 Å². The van der Waals surface area contributed by atoms with Gasteiger partial charge in [-0.05, 0) is 63.8 Å². The van der Waals surface area contributed by atoms with E-state index in [9.17, 15) is 4.79 Å². The highest BCUT2D eigenvalue weighted by molar-refractivity contribution is 5.92. The number of hydrogen-bond acceptors (Lipinski definition) is 5. The number of fused-ring (bicyclic) bond motifs is 1. The SMILES string of the molecule is COc1nn(C)c2nc(C)c(CCC(=O)Nc3c(C)cc(C)nc3C)c(C)c12. The third-order valence-corrected chi connectivity index (χ3v) is 5.11. The van der Waals surface area contributed by atoms with Crippen molar-refractivity contribution in [2.24, 2.45) is 7.05 Å². The summed E-state index contributed by atoms with van der Waals surface area (Å²) in [6, 6.07) is 1.98. The lowest BCUT2D eigenvalue weighted by Crippen LogP contribution is -2.15. The fraction of sp³-hybridized carbons (Fsp3) is 0.429. The molecular weight excluding hydrogens is 354 g/mol. The summed E-state index contributed by atoms with van der Waals surface area (Å²) in [4.78, 5) is 21.7. The van der Waals surface area contributed by atoms with Crippen LogP contribution in [0.5, 0.6) is 5.88 Å². The predicted molar refractivity (Wildman–Crippen MR) is 110 cm³/mol. The summed E-state index contributed by atoms with van der Waals surface area (Å²) in [5.41, 5.74) is 7.42. The molecule has 28 heavy (non-hydrogen) atoms. The maximum Gasteiger partial charge on any atom is 0.242 e. The van der Waals surface area contributed by atoms with Gasteiger partial charge in [-0.3, -0.25) is 9.78 Å². The van der Waals surface area contributed by atoms with Crippen LogP contribution in [0.3, 0.4) is 0 Å². The van der Waals surface area contributed by atoms with Gasteiger partial charge in [-0.15, -0.1) is 5.10 Å². The average Bonchev–Trinajstić information content (AvgIpc) is 2.94. The van der Waals surface area contributed by atoms with E-state index in [-0.39, 0.29) is 5.91 Å². The van der Waals surface area contributed by atoms with Crippen LogP contribution >= 0.6 is 0 Å². The van der Waals surface area contributed by atoms with Crippen molar-refractivity contribution in [3.05, 3.63) is 39.8 Å². The van der Waals surface area contributed by atoms with Crippen LogP contribution in [0.2, 0.25) is 0 Å². The Balaban J connectivity index is 1.83. The number of hydrogen-bond donors (Lipinski definition) is 1. The zero-order chi connectivity index (χ0) is 20.6. The van der Waals surface area contributed by atoms with Crippen LogP contribution in [0.4, 0.5) is 5.69 Å². The van der Waals surface area contributed by atoms with Crippen LogP contribution in [0, 0.1) is 34.6 Å². The first-order valence-electron chi connectivity index (χ1n) is 9.34. The molecule has 0 fully saturated rings. The maximum atomic E-state index is 12.6. The van der Waals surface area contributed by atoms with E-state index in [1.165, 1.54) is 0 Å². The number of aryl methyl sites for hydroxylation is 6. The number of carbonyl (C=O) groups excluding carboxylic acids is 1. The van der Waals surface area contributed by atoms with E-state index in [0.29, 0.717) is 18.7 Å². The van der Waals surface area contributed by atoms with Gasteiger partial charge in [0.1, 0.15) is 0 Å². The smallest absolute Gasteiger partial charge is 0.242 e. The van der Waals surface area contributed by atoms with Crippen molar-refractivity contribution < 1.29 is 9.53 Å². The number of ether oxygens (including phenoxy) is 1. The lowest BCUT2D eigenvalue weighted by atomic mass is 10.00. The second-order valence-corrected chi connectivity index (χ2v) is 7.22. The molecule has 3 aromatic rings. The normalized spacial score (nSPS) is 11.1. The average molecular weight is 381 g/mol. The Kier molecular flexibility index (Phi) is 5.36. The fourth-order valence-electron chi connectivity index (χ4n) is 3.76. The standard InChI is InChI=1S/C21H27N5O2/c1-11-10-12(2)22-15(5)19(11)24-17(27)9-8-16-13(3)18-20(23-14(16)4)26(6)25-21(18)28-7/h10H,8-9H2,1-7H3,(H,24,27). The molecule has 0 aromatic carbocycles. The Morgan fingerprint density at radius 3 is 2.50 bits per heavy atom. The Morgan fingerprint density at radius 1 is 1.14 bits per heavy atom. The first-order chi connectivity index (χ1) is 13.2. The lowest BCUT2D eigenvalue weighted by molar-refractivity contribution is -0.116. The van der Waals surface area contributed by atoms with Crippen LogP contribution < -0.4 is 10.1 Å². The molecule has 0 atom stereocenters. The van der Waals surface area contributed by atoms with Crippen molar-refractivity contribution in [1.29, 1.82) is 0 Å². The van der Waals surface area contributed by atoms with Crippen LogP contribution in [0.1, 0.15) is 40.2 Å². The predicted octanol–water partition coefficient (Wildman–Crippen LogP) is 3.49. The van der Waals surface area contributed by atoms with Crippen LogP contribution in [0.25, 0.3) is 11.0 Å². The molecular formula is C21H27N5O2. The van der Waals surface area contributed by atoms with E-state index in [0.717, 1.165) is 50.5 Å². The number of nitrogens with one attached hydrogen (secondary N) is 1. The van der Waals surface area contributed by atoms with Crippen molar-refractivity contribution >= 4 is 22.6 Å². The van der Waals surface area contributed by atoms with Crippen molar-refractivity contribution in [2.45, 2.75) is 47.5 Å². The summed E-state index contributed by atoms with van der Waals surface area (Å²) >= 11 is 0. The molecule has 3 aromatic heterocycles. The largest absolute Gasteiger partial charge is 0.479 e. The van der Waals surface area contributed by atoms with Crippen LogP contribution in [-0.4, -0.2) is 32.8 Å². The first-order valence-corrected chi connectivity index (χ1v) is 9.34. The zero-order valence-electron chi connectivity index (χ0n) is 17.6.